The maximum absolute atomic E-state index is 11.4. The summed E-state index contributed by atoms with van der Waals surface area (Å²) in [5, 5.41) is 2.72. The molecule has 1 rings (SSSR count). The van der Waals surface area contributed by atoms with Crippen molar-refractivity contribution in [2.45, 2.75) is 32.7 Å². The third-order valence-electron chi connectivity index (χ3n) is 1.82. The van der Waals surface area contributed by atoms with E-state index >= 15 is 0 Å². The summed E-state index contributed by atoms with van der Waals surface area (Å²) in [4.78, 5) is 22.7. The fourth-order valence-electron chi connectivity index (χ4n) is 1.18. The summed E-state index contributed by atoms with van der Waals surface area (Å²) < 4.78 is 4.93. The van der Waals surface area contributed by atoms with Crippen molar-refractivity contribution in [1.82, 2.24) is 5.32 Å². The van der Waals surface area contributed by atoms with Crippen molar-refractivity contribution in [3.05, 3.63) is 24.2 Å². The van der Waals surface area contributed by atoms with Crippen LogP contribution in [-0.2, 0) is 4.79 Å². The molecule has 0 aliphatic rings. The molecule has 1 aromatic rings. The second-order valence-electron chi connectivity index (χ2n) is 3.62. The fourth-order valence-corrected chi connectivity index (χ4v) is 1.18. The highest BCUT2D eigenvalue weighted by Crippen LogP contribution is 2.05. The zero-order valence-electron chi connectivity index (χ0n) is 8.95. The molecule has 0 bridgehead atoms. The Morgan fingerprint density at radius 2 is 2.13 bits per heavy atom. The fraction of sp³-hybridized carbons (Fsp3) is 0.455. The van der Waals surface area contributed by atoms with Gasteiger partial charge in [-0.1, -0.05) is 0 Å². The zero-order chi connectivity index (χ0) is 11.3. The number of rotatable bonds is 5. The Morgan fingerprint density at radius 3 is 2.67 bits per heavy atom. The standard InChI is InChI=1S/C11H15NO3/c1-8(2)12-11(14)6-5-9(13)10-4-3-7-15-10/h3-4,7-8H,5-6H2,1-2H3,(H,12,14). The second kappa shape index (κ2) is 5.34. The number of carbonyl (C=O) groups excluding carboxylic acids is 2. The number of Topliss-reactive ketones (excluding diaryl/α,β-unsaturated/α-hetero) is 1. The van der Waals surface area contributed by atoms with Crippen LogP contribution in [0.15, 0.2) is 22.8 Å². The van der Waals surface area contributed by atoms with Crippen molar-refractivity contribution in [3.63, 3.8) is 0 Å². The number of nitrogens with one attached hydrogen (secondary N) is 1. The van der Waals surface area contributed by atoms with Crippen LogP contribution in [0.2, 0.25) is 0 Å². The number of furan rings is 1. The third-order valence-corrected chi connectivity index (χ3v) is 1.82. The number of carbonyl (C=O) groups is 2. The van der Waals surface area contributed by atoms with Gasteiger partial charge in [-0.3, -0.25) is 9.59 Å². The molecule has 0 atom stereocenters. The smallest absolute Gasteiger partial charge is 0.220 e. The maximum Gasteiger partial charge on any atom is 0.220 e. The molecular formula is C11H15NO3. The molecule has 0 aliphatic heterocycles. The zero-order valence-corrected chi connectivity index (χ0v) is 8.95. The van der Waals surface area contributed by atoms with Gasteiger partial charge in [0.15, 0.2) is 11.5 Å². The van der Waals surface area contributed by atoms with Crippen LogP contribution in [0, 0.1) is 0 Å². The first kappa shape index (κ1) is 11.5. The summed E-state index contributed by atoms with van der Waals surface area (Å²) in [6.07, 6.45) is 1.84. The molecule has 0 saturated heterocycles. The molecule has 4 nitrogen and oxygen atoms in total. The van der Waals surface area contributed by atoms with Crippen molar-refractivity contribution >= 4 is 11.7 Å². The Morgan fingerprint density at radius 1 is 1.40 bits per heavy atom. The monoisotopic (exact) mass is 209 g/mol. The van der Waals surface area contributed by atoms with Crippen LogP contribution in [-0.4, -0.2) is 17.7 Å². The molecule has 1 heterocycles. The van der Waals surface area contributed by atoms with Crippen LogP contribution in [0.3, 0.4) is 0 Å². The molecule has 82 valence electrons. The van der Waals surface area contributed by atoms with E-state index in [9.17, 15) is 9.59 Å². The van der Waals surface area contributed by atoms with Gasteiger partial charge in [0.05, 0.1) is 6.26 Å². The molecule has 0 unspecified atom stereocenters. The Balaban J connectivity index is 2.32. The lowest BCUT2D eigenvalue weighted by Gasteiger charge is -2.06. The third kappa shape index (κ3) is 3.97. The summed E-state index contributed by atoms with van der Waals surface area (Å²) in [5.41, 5.74) is 0. The molecule has 1 aromatic heterocycles. The van der Waals surface area contributed by atoms with Gasteiger partial charge in [-0.25, -0.2) is 0 Å². The lowest BCUT2D eigenvalue weighted by molar-refractivity contribution is -0.121. The van der Waals surface area contributed by atoms with E-state index in [0.717, 1.165) is 0 Å². The average Bonchev–Trinajstić information content (AvgIpc) is 2.65. The predicted molar refractivity (Wildman–Crippen MR) is 55.6 cm³/mol. The number of hydrogen-bond acceptors (Lipinski definition) is 3. The number of amides is 1. The van der Waals surface area contributed by atoms with Gasteiger partial charge in [0.25, 0.3) is 0 Å². The first-order valence-corrected chi connectivity index (χ1v) is 4.95. The van der Waals surface area contributed by atoms with Crippen molar-refractivity contribution in [3.8, 4) is 0 Å². The molecule has 0 saturated carbocycles. The maximum atomic E-state index is 11.4. The molecule has 1 N–H and O–H groups in total. The molecule has 0 fully saturated rings. The minimum atomic E-state index is -0.140. The van der Waals surface area contributed by atoms with E-state index < -0.39 is 0 Å². The molecule has 1 amide bonds. The van der Waals surface area contributed by atoms with Gasteiger partial charge < -0.3 is 9.73 Å². The quantitative estimate of drug-likeness (QED) is 0.752. The van der Waals surface area contributed by atoms with Crippen LogP contribution >= 0.6 is 0 Å². The van der Waals surface area contributed by atoms with Crippen LogP contribution < -0.4 is 5.32 Å². The van der Waals surface area contributed by atoms with Gasteiger partial charge in [-0.2, -0.15) is 0 Å². The molecule has 0 aromatic carbocycles. The minimum absolute atomic E-state index is 0.107. The van der Waals surface area contributed by atoms with E-state index in [4.69, 9.17) is 4.42 Å². The minimum Gasteiger partial charge on any atom is -0.461 e. The Hall–Kier alpha value is -1.58. The Bertz CT molecular complexity index is 328. The van der Waals surface area contributed by atoms with E-state index in [1.165, 1.54) is 6.26 Å². The van der Waals surface area contributed by atoms with E-state index in [0.29, 0.717) is 5.76 Å². The SMILES string of the molecule is CC(C)NC(=O)CCC(=O)c1ccco1. The number of hydrogen-bond donors (Lipinski definition) is 1. The first-order chi connectivity index (χ1) is 7.09. The lowest BCUT2D eigenvalue weighted by Crippen LogP contribution is -2.30. The summed E-state index contributed by atoms with van der Waals surface area (Å²) in [7, 11) is 0. The molecule has 0 spiro atoms. The average molecular weight is 209 g/mol. The summed E-state index contributed by atoms with van der Waals surface area (Å²) >= 11 is 0. The topological polar surface area (TPSA) is 59.3 Å². The lowest BCUT2D eigenvalue weighted by atomic mass is 10.1. The predicted octanol–water partition coefficient (Wildman–Crippen LogP) is 1.77. The van der Waals surface area contributed by atoms with E-state index in [1.54, 1.807) is 12.1 Å². The van der Waals surface area contributed by atoms with Crippen LogP contribution in [0.5, 0.6) is 0 Å². The van der Waals surface area contributed by atoms with Crippen molar-refractivity contribution in [2.75, 3.05) is 0 Å². The number of ketones is 1. The summed E-state index contributed by atoms with van der Waals surface area (Å²) in [6, 6.07) is 3.36. The van der Waals surface area contributed by atoms with Crippen LogP contribution in [0.4, 0.5) is 0 Å². The summed E-state index contributed by atoms with van der Waals surface area (Å²) in [6.45, 7) is 3.76. The molecular weight excluding hydrogens is 194 g/mol. The van der Waals surface area contributed by atoms with E-state index in [2.05, 4.69) is 5.32 Å². The molecule has 0 radical (unpaired) electrons. The van der Waals surface area contributed by atoms with Gasteiger partial charge in [-0.05, 0) is 26.0 Å². The van der Waals surface area contributed by atoms with Crippen LogP contribution in [0.25, 0.3) is 0 Å². The second-order valence-corrected chi connectivity index (χ2v) is 3.62. The van der Waals surface area contributed by atoms with Crippen molar-refractivity contribution in [1.29, 1.82) is 0 Å². The molecule has 4 heteroatoms. The normalized spacial score (nSPS) is 10.3. The molecule has 0 aliphatic carbocycles. The Labute approximate surface area is 88.7 Å². The van der Waals surface area contributed by atoms with Gasteiger partial charge >= 0.3 is 0 Å². The van der Waals surface area contributed by atoms with E-state index in [-0.39, 0.29) is 30.6 Å². The van der Waals surface area contributed by atoms with E-state index in [1.807, 2.05) is 13.8 Å². The van der Waals surface area contributed by atoms with Crippen molar-refractivity contribution < 1.29 is 14.0 Å². The van der Waals surface area contributed by atoms with Gasteiger partial charge in [-0.15, -0.1) is 0 Å². The van der Waals surface area contributed by atoms with Gasteiger partial charge in [0, 0.05) is 18.9 Å². The van der Waals surface area contributed by atoms with Gasteiger partial charge in [0.2, 0.25) is 5.91 Å². The van der Waals surface area contributed by atoms with Crippen molar-refractivity contribution in [2.24, 2.45) is 0 Å². The highest BCUT2D eigenvalue weighted by Gasteiger charge is 2.11. The molecule has 15 heavy (non-hydrogen) atoms. The van der Waals surface area contributed by atoms with Crippen LogP contribution in [0.1, 0.15) is 37.2 Å². The highest BCUT2D eigenvalue weighted by atomic mass is 16.3. The first-order valence-electron chi connectivity index (χ1n) is 4.95. The Kier molecular flexibility index (Phi) is 4.09. The van der Waals surface area contributed by atoms with Gasteiger partial charge in [0.1, 0.15) is 0 Å². The highest BCUT2D eigenvalue weighted by molar-refractivity contribution is 5.95. The largest absolute Gasteiger partial charge is 0.461 e. The summed E-state index contributed by atoms with van der Waals surface area (Å²) in [5.74, 6) is 0.0659.